The van der Waals surface area contributed by atoms with Crippen molar-refractivity contribution in [3.8, 4) is 0 Å². The van der Waals surface area contributed by atoms with Gasteiger partial charge in [0.2, 0.25) is 0 Å². The molecule has 0 amide bonds. The van der Waals surface area contributed by atoms with Crippen molar-refractivity contribution in [3.05, 3.63) is 58.1 Å². The lowest BCUT2D eigenvalue weighted by Gasteiger charge is -2.09. The maximum atomic E-state index is 11.2. The van der Waals surface area contributed by atoms with E-state index in [2.05, 4.69) is 32.0 Å². The SMILES string of the molecule is Cc1cc(C)cc(CSc2cc(C)c(N)c(C(=O)O)c2)c1. The van der Waals surface area contributed by atoms with Crippen LogP contribution in [0.1, 0.15) is 32.6 Å². The van der Waals surface area contributed by atoms with Crippen LogP contribution in [0.4, 0.5) is 5.69 Å². The van der Waals surface area contributed by atoms with Gasteiger partial charge in [0.25, 0.3) is 0 Å². The molecule has 0 fully saturated rings. The Balaban J connectivity index is 2.22. The predicted molar refractivity (Wildman–Crippen MR) is 88.0 cm³/mol. The van der Waals surface area contributed by atoms with Crippen LogP contribution < -0.4 is 5.73 Å². The number of anilines is 1. The number of aromatic carboxylic acids is 1. The smallest absolute Gasteiger partial charge is 0.337 e. The second-order valence-electron chi connectivity index (χ2n) is 5.29. The van der Waals surface area contributed by atoms with Gasteiger partial charge < -0.3 is 10.8 Å². The summed E-state index contributed by atoms with van der Waals surface area (Å²) in [7, 11) is 0. The van der Waals surface area contributed by atoms with E-state index in [0.717, 1.165) is 16.2 Å². The third kappa shape index (κ3) is 3.79. The van der Waals surface area contributed by atoms with E-state index >= 15 is 0 Å². The van der Waals surface area contributed by atoms with Gasteiger partial charge in [-0.25, -0.2) is 4.79 Å². The minimum absolute atomic E-state index is 0.179. The van der Waals surface area contributed by atoms with Gasteiger partial charge in [0, 0.05) is 16.3 Å². The number of thioether (sulfide) groups is 1. The maximum absolute atomic E-state index is 11.2. The summed E-state index contributed by atoms with van der Waals surface area (Å²) in [5.74, 6) is -0.172. The number of nitrogens with two attached hydrogens (primary N) is 1. The monoisotopic (exact) mass is 301 g/mol. The molecule has 0 spiro atoms. The molecular formula is C17H19NO2S. The summed E-state index contributed by atoms with van der Waals surface area (Å²) in [5, 5.41) is 9.18. The van der Waals surface area contributed by atoms with E-state index in [-0.39, 0.29) is 5.56 Å². The van der Waals surface area contributed by atoms with Crippen LogP contribution >= 0.6 is 11.8 Å². The maximum Gasteiger partial charge on any atom is 0.337 e. The molecule has 2 aromatic rings. The molecule has 110 valence electrons. The minimum Gasteiger partial charge on any atom is -0.478 e. The summed E-state index contributed by atoms with van der Waals surface area (Å²) < 4.78 is 0. The number of benzene rings is 2. The molecule has 3 N–H and O–H groups in total. The van der Waals surface area contributed by atoms with Crippen molar-refractivity contribution in [2.45, 2.75) is 31.4 Å². The number of carbonyl (C=O) groups is 1. The van der Waals surface area contributed by atoms with Crippen LogP contribution in [-0.2, 0) is 5.75 Å². The number of hydrogen-bond acceptors (Lipinski definition) is 3. The third-order valence-corrected chi connectivity index (χ3v) is 4.32. The molecule has 0 unspecified atom stereocenters. The fourth-order valence-electron chi connectivity index (χ4n) is 2.34. The summed E-state index contributed by atoms with van der Waals surface area (Å²) >= 11 is 1.63. The molecule has 2 aromatic carbocycles. The van der Waals surface area contributed by atoms with Gasteiger partial charge >= 0.3 is 5.97 Å². The third-order valence-electron chi connectivity index (χ3n) is 3.28. The topological polar surface area (TPSA) is 63.3 Å². The lowest BCUT2D eigenvalue weighted by Crippen LogP contribution is -2.04. The Kier molecular flexibility index (Phi) is 4.58. The molecule has 0 saturated heterocycles. The summed E-state index contributed by atoms with van der Waals surface area (Å²) in [4.78, 5) is 12.1. The van der Waals surface area contributed by atoms with Crippen molar-refractivity contribution in [1.29, 1.82) is 0 Å². The van der Waals surface area contributed by atoms with E-state index in [9.17, 15) is 9.90 Å². The molecule has 21 heavy (non-hydrogen) atoms. The van der Waals surface area contributed by atoms with Crippen molar-refractivity contribution in [1.82, 2.24) is 0 Å². The average molecular weight is 301 g/mol. The van der Waals surface area contributed by atoms with Gasteiger partial charge in [-0.2, -0.15) is 0 Å². The van der Waals surface area contributed by atoms with Crippen LogP contribution in [-0.4, -0.2) is 11.1 Å². The number of carboxylic acids is 1. The molecule has 2 rings (SSSR count). The van der Waals surface area contributed by atoms with Gasteiger partial charge in [-0.1, -0.05) is 29.3 Å². The van der Waals surface area contributed by atoms with E-state index < -0.39 is 5.97 Å². The van der Waals surface area contributed by atoms with E-state index in [1.54, 1.807) is 17.8 Å². The van der Waals surface area contributed by atoms with Gasteiger partial charge in [0.05, 0.1) is 5.56 Å². The van der Waals surface area contributed by atoms with Crippen molar-refractivity contribution in [2.75, 3.05) is 5.73 Å². The van der Waals surface area contributed by atoms with Crippen molar-refractivity contribution in [3.63, 3.8) is 0 Å². The van der Waals surface area contributed by atoms with Gasteiger partial charge in [0.15, 0.2) is 0 Å². The number of nitrogen functional groups attached to an aromatic ring is 1. The van der Waals surface area contributed by atoms with Crippen molar-refractivity contribution in [2.24, 2.45) is 0 Å². The summed E-state index contributed by atoms with van der Waals surface area (Å²) in [6.07, 6.45) is 0. The Morgan fingerprint density at radius 3 is 2.29 bits per heavy atom. The summed E-state index contributed by atoms with van der Waals surface area (Å²) in [6, 6.07) is 10.0. The number of rotatable bonds is 4. The lowest BCUT2D eigenvalue weighted by atomic mass is 10.1. The van der Waals surface area contributed by atoms with Crippen LogP contribution in [0.3, 0.4) is 0 Å². The molecule has 0 aliphatic rings. The number of hydrogen-bond donors (Lipinski definition) is 2. The Labute approximate surface area is 129 Å². The zero-order chi connectivity index (χ0) is 15.6. The largest absolute Gasteiger partial charge is 0.478 e. The highest BCUT2D eigenvalue weighted by Crippen LogP contribution is 2.29. The number of aryl methyl sites for hydroxylation is 3. The van der Waals surface area contributed by atoms with Crippen LogP contribution in [0.2, 0.25) is 0 Å². The van der Waals surface area contributed by atoms with E-state index in [4.69, 9.17) is 5.73 Å². The van der Waals surface area contributed by atoms with Gasteiger partial charge in [-0.15, -0.1) is 11.8 Å². The van der Waals surface area contributed by atoms with Crippen LogP contribution in [0.15, 0.2) is 35.2 Å². The molecule has 0 aliphatic carbocycles. The first-order valence-corrected chi connectivity index (χ1v) is 7.69. The fourth-order valence-corrected chi connectivity index (χ4v) is 3.31. The first-order chi connectivity index (χ1) is 9.86. The highest BCUT2D eigenvalue weighted by molar-refractivity contribution is 7.98. The molecule has 0 heterocycles. The molecule has 3 nitrogen and oxygen atoms in total. The Morgan fingerprint density at radius 2 is 1.71 bits per heavy atom. The quantitative estimate of drug-likeness (QED) is 0.656. The van der Waals surface area contributed by atoms with Crippen molar-refractivity contribution >= 4 is 23.4 Å². The average Bonchev–Trinajstić information content (AvgIpc) is 2.38. The van der Waals surface area contributed by atoms with E-state index in [0.29, 0.717) is 5.69 Å². The highest BCUT2D eigenvalue weighted by Gasteiger charge is 2.12. The summed E-state index contributed by atoms with van der Waals surface area (Å²) in [6.45, 7) is 6.00. The lowest BCUT2D eigenvalue weighted by molar-refractivity contribution is 0.0697. The van der Waals surface area contributed by atoms with Crippen LogP contribution in [0, 0.1) is 20.8 Å². The summed E-state index contributed by atoms with van der Waals surface area (Å²) in [5.41, 5.74) is 10.9. The zero-order valence-electron chi connectivity index (χ0n) is 12.4. The van der Waals surface area contributed by atoms with Gasteiger partial charge in [-0.3, -0.25) is 0 Å². The predicted octanol–water partition coefficient (Wildman–Crippen LogP) is 4.18. The number of carboxylic acid groups (broad SMARTS) is 1. The molecule has 0 aromatic heterocycles. The Hall–Kier alpha value is -1.94. The second kappa shape index (κ2) is 6.22. The molecule has 0 saturated carbocycles. The normalized spacial score (nSPS) is 10.6. The minimum atomic E-state index is -0.982. The molecule has 0 bridgehead atoms. The van der Waals surface area contributed by atoms with E-state index in [1.807, 2.05) is 13.0 Å². The van der Waals surface area contributed by atoms with Gasteiger partial charge in [-0.05, 0) is 44.0 Å². The Morgan fingerprint density at radius 1 is 1.10 bits per heavy atom. The standard InChI is InChI=1S/C17H19NO2S/c1-10-4-11(2)6-13(5-10)9-21-14-7-12(3)16(18)15(8-14)17(19)20/h4-8H,9,18H2,1-3H3,(H,19,20). The Bertz CT molecular complexity index is 675. The van der Waals surface area contributed by atoms with Crippen LogP contribution in [0.5, 0.6) is 0 Å². The fraction of sp³-hybridized carbons (Fsp3) is 0.235. The van der Waals surface area contributed by atoms with E-state index in [1.165, 1.54) is 16.7 Å². The second-order valence-corrected chi connectivity index (χ2v) is 6.34. The molecular weight excluding hydrogens is 282 g/mol. The molecule has 0 radical (unpaired) electrons. The highest BCUT2D eigenvalue weighted by atomic mass is 32.2. The molecule has 0 aliphatic heterocycles. The van der Waals surface area contributed by atoms with Gasteiger partial charge in [0.1, 0.15) is 0 Å². The van der Waals surface area contributed by atoms with Crippen molar-refractivity contribution < 1.29 is 9.90 Å². The first-order valence-electron chi connectivity index (χ1n) is 6.70. The first kappa shape index (κ1) is 15.4. The van der Waals surface area contributed by atoms with Crippen LogP contribution in [0.25, 0.3) is 0 Å². The zero-order valence-corrected chi connectivity index (χ0v) is 13.3. The molecule has 4 heteroatoms. The molecule has 0 atom stereocenters.